The number of likely N-dealkylation sites (tertiary alicyclic amines) is 1. The maximum atomic E-state index is 13.6. The van der Waals surface area contributed by atoms with Crippen LogP contribution in [0, 0.1) is 0 Å². The number of likely N-dealkylation sites (N-methyl/N-ethyl adjacent to an activating group) is 1. The first-order valence-electron chi connectivity index (χ1n) is 11.8. The average molecular weight is 465 g/mol. The molecular formula is C26H32N4O4. The van der Waals surface area contributed by atoms with Crippen molar-refractivity contribution >= 4 is 23.4 Å². The van der Waals surface area contributed by atoms with Gasteiger partial charge in [0.25, 0.3) is 5.91 Å². The molecule has 2 saturated heterocycles. The molecule has 2 aromatic carbocycles. The standard InChI is InChI=1S/C26H32N4O4/c1-2-27-23(31)17-29-20-30(22-11-7-4-8-12-22)26(25(29)33)13-15-28(16-14-26)24(32)19-34-18-21-9-5-3-6-10-21/h3-12H,2,13-20H2,1H3,(H,27,31). The summed E-state index contributed by atoms with van der Waals surface area (Å²) < 4.78 is 5.63. The maximum Gasteiger partial charge on any atom is 0.250 e. The smallest absolute Gasteiger partial charge is 0.250 e. The van der Waals surface area contributed by atoms with Crippen molar-refractivity contribution in [2.75, 3.05) is 44.4 Å². The number of ether oxygens (including phenoxy) is 1. The number of anilines is 1. The van der Waals surface area contributed by atoms with Crippen LogP contribution in [-0.2, 0) is 25.7 Å². The Balaban J connectivity index is 1.41. The monoisotopic (exact) mass is 464 g/mol. The second-order valence-corrected chi connectivity index (χ2v) is 8.75. The summed E-state index contributed by atoms with van der Waals surface area (Å²) in [5.74, 6) is -0.277. The molecule has 0 aromatic heterocycles. The molecular weight excluding hydrogens is 432 g/mol. The number of carbonyl (C=O) groups excluding carboxylic acids is 3. The minimum Gasteiger partial charge on any atom is -0.367 e. The fourth-order valence-electron chi connectivity index (χ4n) is 4.80. The third kappa shape index (κ3) is 5.07. The van der Waals surface area contributed by atoms with Crippen LogP contribution in [0.3, 0.4) is 0 Å². The molecule has 0 atom stereocenters. The van der Waals surface area contributed by atoms with Gasteiger partial charge >= 0.3 is 0 Å². The molecule has 8 nitrogen and oxygen atoms in total. The van der Waals surface area contributed by atoms with Crippen molar-refractivity contribution in [3.05, 3.63) is 66.2 Å². The minimum atomic E-state index is -0.754. The molecule has 8 heteroatoms. The predicted octanol–water partition coefficient (Wildman–Crippen LogP) is 2.01. The molecule has 0 bridgehead atoms. The van der Waals surface area contributed by atoms with Gasteiger partial charge in [-0.05, 0) is 37.5 Å². The van der Waals surface area contributed by atoms with Crippen LogP contribution in [0.2, 0.25) is 0 Å². The van der Waals surface area contributed by atoms with Gasteiger partial charge in [0.1, 0.15) is 18.7 Å². The summed E-state index contributed by atoms with van der Waals surface area (Å²) in [5, 5.41) is 2.77. The van der Waals surface area contributed by atoms with Crippen molar-refractivity contribution in [1.29, 1.82) is 0 Å². The van der Waals surface area contributed by atoms with Gasteiger partial charge in [-0.15, -0.1) is 0 Å². The zero-order valence-electron chi connectivity index (χ0n) is 19.6. The molecule has 4 rings (SSSR count). The fraction of sp³-hybridized carbons (Fsp3) is 0.423. The molecule has 2 aliphatic rings. The van der Waals surface area contributed by atoms with Crippen LogP contribution in [-0.4, -0.2) is 72.5 Å². The lowest BCUT2D eigenvalue weighted by molar-refractivity contribution is -0.142. The van der Waals surface area contributed by atoms with E-state index >= 15 is 0 Å². The maximum absolute atomic E-state index is 13.6. The second kappa shape index (κ2) is 10.7. The Hall–Kier alpha value is -3.39. The number of benzene rings is 2. The van der Waals surface area contributed by atoms with Crippen molar-refractivity contribution in [2.45, 2.75) is 31.9 Å². The Bertz CT molecular complexity index is 990. The first kappa shape index (κ1) is 23.8. The van der Waals surface area contributed by atoms with Gasteiger partial charge in [-0.1, -0.05) is 48.5 Å². The Labute approximate surface area is 200 Å². The van der Waals surface area contributed by atoms with Gasteiger partial charge < -0.3 is 24.8 Å². The summed E-state index contributed by atoms with van der Waals surface area (Å²) in [6, 6.07) is 19.6. The van der Waals surface area contributed by atoms with Crippen LogP contribution in [0.4, 0.5) is 5.69 Å². The van der Waals surface area contributed by atoms with Crippen molar-refractivity contribution in [3.63, 3.8) is 0 Å². The van der Waals surface area contributed by atoms with Gasteiger partial charge in [-0.3, -0.25) is 14.4 Å². The molecule has 0 aliphatic carbocycles. The Morgan fingerprint density at radius 1 is 1.00 bits per heavy atom. The fourth-order valence-corrected chi connectivity index (χ4v) is 4.80. The lowest BCUT2D eigenvalue weighted by Gasteiger charge is -2.43. The van der Waals surface area contributed by atoms with Gasteiger partial charge in [0.05, 0.1) is 13.3 Å². The second-order valence-electron chi connectivity index (χ2n) is 8.75. The number of hydrogen-bond acceptors (Lipinski definition) is 5. The first-order valence-corrected chi connectivity index (χ1v) is 11.8. The van der Waals surface area contributed by atoms with Crippen molar-refractivity contribution < 1.29 is 19.1 Å². The van der Waals surface area contributed by atoms with Gasteiger partial charge in [0.2, 0.25) is 11.8 Å². The van der Waals surface area contributed by atoms with E-state index in [9.17, 15) is 14.4 Å². The van der Waals surface area contributed by atoms with E-state index in [0.717, 1.165) is 11.3 Å². The summed E-state index contributed by atoms with van der Waals surface area (Å²) in [7, 11) is 0. The highest BCUT2D eigenvalue weighted by atomic mass is 16.5. The molecule has 2 fully saturated rings. The number of rotatable bonds is 8. The summed E-state index contributed by atoms with van der Waals surface area (Å²) in [6.45, 7) is 4.12. The molecule has 2 aliphatic heterocycles. The van der Waals surface area contributed by atoms with Crippen LogP contribution < -0.4 is 10.2 Å². The van der Waals surface area contributed by atoms with E-state index in [0.29, 0.717) is 45.8 Å². The Morgan fingerprint density at radius 3 is 2.29 bits per heavy atom. The molecule has 34 heavy (non-hydrogen) atoms. The van der Waals surface area contributed by atoms with E-state index in [1.54, 1.807) is 9.80 Å². The average Bonchev–Trinajstić information content (AvgIpc) is 3.12. The molecule has 1 spiro atoms. The highest BCUT2D eigenvalue weighted by molar-refractivity contribution is 5.96. The lowest BCUT2D eigenvalue weighted by Crippen LogP contribution is -2.57. The summed E-state index contributed by atoms with van der Waals surface area (Å²) in [5.41, 5.74) is 1.21. The van der Waals surface area contributed by atoms with Crippen molar-refractivity contribution in [1.82, 2.24) is 15.1 Å². The third-order valence-electron chi connectivity index (χ3n) is 6.57. The van der Waals surface area contributed by atoms with E-state index in [4.69, 9.17) is 4.74 Å². The van der Waals surface area contributed by atoms with E-state index in [-0.39, 0.29) is 30.9 Å². The topological polar surface area (TPSA) is 82.2 Å². The highest BCUT2D eigenvalue weighted by Gasteiger charge is 2.54. The van der Waals surface area contributed by atoms with Crippen LogP contribution in [0.1, 0.15) is 25.3 Å². The van der Waals surface area contributed by atoms with Crippen LogP contribution in [0.5, 0.6) is 0 Å². The summed E-state index contributed by atoms with van der Waals surface area (Å²) in [6.07, 6.45) is 1.02. The lowest BCUT2D eigenvalue weighted by atomic mass is 9.85. The number of piperidine rings is 1. The van der Waals surface area contributed by atoms with Crippen LogP contribution >= 0.6 is 0 Å². The number of hydrogen-bond donors (Lipinski definition) is 1. The van der Waals surface area contributed by atoms with Gasteiger partial charge in [0, 0.05) is 25.3 Å². The normalized spacial score (nSPS) is 17.3. The van der Waals surface area contributed by atoms with E-state index < -0.39 is 5.54 Å². The van der Waals surface area contributed by atoms with Gasteiger partial charge in [-0.25, -0.2) is 0 Å². The zero-order chi connectivity index (χ0) is 24.0. The molecule has 0 saturated carbocycles. The van der Waals surface area contributed by atoms with Crippen LogP contribution in [0.25, 0.3) is 0 Å². The minimum absolute atomic E-state index is 0.0154. The molecule has 0 unspecified atom stereocenters. The first-order chi connectivity index (χ1) is 16.5. The SMILES string of the molecule is CCNC(=O)CN1CN(c2ccccc2)C2(CCN(C(=O)COCc3ccccc3)CC2)C1=O. The third-order valence-corrected chi connectivity index (χ3v) is 6.57. The van der Waals surface area contributed by atoms with Gasteiger partial charge in [0.15, 0.2) is 0 Å². The number of amides is 3. The number of para-hydroxylation sites is 1. The quantitative estimate of drug-likeness (QED) is 0.646. The predicted molar refractivity (Wildman–Crippen MR) is 129 cm³/mol. The molecule has 180 valence electrons. The number of nitrogens with zero attached hydrogens (tertiary/aromatic N) is 3. The largest absolute Gasteiger partial charge is 0.367 e. The molecule has 0 radical (unpaired) electrons. The van der Waals surface area contributed by atoms with E-state index in [1.807, 2.05) is 67.6 Å². The van der Waals surface area contributed by atoms with Gasteiger partial charge in [-0.2, -0.15) is 0 Å². The van der Waals surface area contributed by atoms with Crippen molar-refractivity contribution in [3.8, 4) is 0 Å². The number of carbonyl (C=O) groups is 3. The highest BCUT2D eigenvalue weighted by Crippen LogP contribution is 2.39. The van der Waals surface area contributed by atoms with Crippen LogP contribution in [0.15, 0.2) is 60.7 Å². The molecule has 1 N–H and O–H groups in total. The zero-order valence-corrected chi connectivity index (χ0v) is 19.6. The Morgan fingerprint density at radius 2 is 1.65 bits per heavy atom. The molecule has 2 heterocycles. The van der Waals surface area contributed by atoms with Crippen molar-refractivity contribution in [2.24, 2.45) is 0 Å². The summed E-state index contributed by atoms with van der Waals surface area (Å²) >= 11 is 0. The summed E-state index contributed by atoms with van der Waals surface area (Å²) in [4.78, 5) is 44.0. The van der Waals surface area contributed by atoms with E-state index in [1.165, 1.54) is 0 Å². The molecule has 2 aromatic rings. The molecule has 3 amide bonds. The van der Waals surface area contributed by atoms with E-state index in [2.05, 4.69) is 10.2 Å². The Kier molecular flexibility index (Phi) is 7.47. The number of nitrogens with one attached hydrogen (secondary N) is 1.